The first kappa shape index (κ1) is 11.8. The molecule has 1 amide bonds. The monoisotopic (exact) mass is 227 g/mol. The number of nitrogens with zero attached hydrogens (tertiary/aromatic N) is 1. The number of nitrogens with one attached hydrogen (secondary N) is 1. The van der Waals surface area contributed by atoms with Gasteiger partial charge in [-0.05, 0) is 26.0 Å². The summed E-state index contributed by atoms with van der Waals surface area (Å²) >= 11 is 5.70. The van der Waals surface area contributed by atoms with Crippen molar-refractivity contribution in [3.63, 3.8) is 0 Å². The molecular formula is C10H14ClN3O. The van der Waals surface area contributed by atoms with Crippen LogP contribution in [0.5, 0.6) is 0 Å². The van der Waals surface area contributed by atoms with Crippen LogP contribution in [0.1, 0.15) is 20.3 Å². The molecule has 5 heteroatoms. The Bertz CT molecular complexity index is 348. The Morgan fingerprint density at radius 1 is 1.60 bits per heavy atom. The zero-order chi connectivity index (χ0) is 11.5. The average molecular weight is 228 g/mol. The molecule has 3 N–H and O–H groups in total. The van der Waals surface area contributed by atoms with Crippen LogP contribution in [0.25, 0.3) is 0 Å². The summed E-state index contributed by atoms with van der Waals surface area (Å²) in [6, 6.07) is 3.49. The zero-order valence-corrected chi connectivity index (χ0v) is 9.51. The summed E-state index contributed by atoms with van der Waals surface area (Å²) in [7, 11) is 0. The van der Waals surface area contributed by atoms with Crippen LogP contribution in [0.3, 0.4) is 0 Å². The lowest BCUT2D eigenvalue weighted by atomic mass is 10.0. The van der Waals surface area contributed by atoms with Crippen molar-refractivity contribution in [2.24, 2.45) is 5.73 Å². The number of nitrogens with two attached hydrogens (primary N) is 1. The van der Waals surface area contributed by atoms with Gasteiger partial charge in [0.1, 0.15) is 5.82 Å². The number of hydrogen-bond donors (Lipinski definition) is 2. The van der Waals surface area contributed by atoms with Crippen molar-refractivity contribution in [1.29, 1.82) is 0 Å². The first-order chi connectivity index (χ1) is 6.89. The minimum atomic E-state index is -0.410. The molecule has 1 heterocycles. The molecule has 0 bridgehead atoms. The Morgan fingerprint density at radius 2 is 2.27 bits per heavy atom. The topological polar surface area (TPSA) is 68.0 Å². The molecule has 1 rings (SSSR count). The standard InChI is InChI=1S/C10H14ClN3O/c1-10(2,5-8(12)15)14-9-4-3-7(11)6-13-9/h3-4,6H,5H2,1-2H3,(H2,12,15)(H,13,14). The molecule has 0 aromatic carbocycles. The van der Waals surface area contributed by atoms with Crippen LogP contribution in [0.15, 0.2) is 18.3 Å². The first-order valence-electron chi connectivity index (χ1n) is 4.57. The molecule has 0 fully saturated rings. The summed E-state index contributed by atoms with van der Waals surface area (Å²) in [4.78, 5) is 14.9. The molecule has 0 unspecified atom stereocenters. The molecular weight excluding hydrogens is 214 g/mol. The van der Waals surface area contributed by atoms with Crippen molar-refractivity contribution in [2.75, 3.05) is 5.32 Å². The third-order valence-electron chi connectivity index (χ3n) is 1.81. The molecule has 4 nitrogen and oxygen atoms in total. The Balaban J connectivity index is 2.68. The number of primary amides is 1. The highest BCUT2D eigenvalue weighted by Crippen LogP contribution is 2.17. The highest BCUT2D eigenvalue weighted by Gasteiger charge is 2.20. The minimum Gasteiger partial charge on any atom is -0.370 e. The van der Waals surface area contributed by atoms with Crippen LogP contribution < -0.4 is 11.1 Å². The van der Waals surface area contributed by atoms with E-state index in [1.807, 2.05) is 13.8 Å². The summed E-state index contributed by atoms with van der Waals surface area (Å²) in [6.07, 6.45) is 1.79. The summed E-state index contributed by atoms with van der Waals surface area (Å²) in [5.41, 5.74) is 4.73. The van der Waals surface area contributed by atoms with Crippen molar-refractivity contribution in [2.45, 2.75) is 25.8 Å². The average Bonchev–Trinajstić information content (AvgIpc) is 2.06. The highest BCUT2D eigenvalue weighted by molar-refractivity contribution is 6.30. The summed E-state index contributed by atoms with van der Waals surface area (Å²) in [6.45, 7) is 3.77. The number of rotatable bonds is 4. The molecule has 0 aliphatic rings. The van der Waals surface area contributed by atoms with Gasteiger partial charge in [0, 0.05) is 18.2 Å². The second kappa shape index (κ2) is 4.49. The molecule has 0 aliphatic carbocycles. The number of amides is 1. The maximum atomic E-state index is 10.8. The zero-order valence-electron chi connectivity index (χ0n) is 8.75. The number of aromatic nitrogens is 1. The quantitative estimate of drug-likeness (QED) is 0.824. The van der Waals surface area contributed by atoms with Gasteiger partial charge in [0.25, 0.3) is 0 Å². The molecule has 1 aromatic rings. The third-order valence-corrected chi connectivity index (χ3v) is 2.03. The maximum Gasteiger partial charge on any atom is 0.219 e. The number of hydrogen-bond acceptors (Lipinski definition) is 3. The van der Waals surface area contributed by atoms with Gasteiger partial charge in [-0.15, -0.1) is 0 Å². The maximum absolute atomic E-state index is 10.8. The number of carbonyl (C=O) groups excluding carboxylic acids is 1. The molecule has 0 saturated carbocycles. The Hall–Kier alpha value is -1.29. The van der Waals surface area contributed by atoms with E-state index in [0.29, 0.717) is 10.8 Å². The Kier molecular flexibility index (Phi) is 3.52. The predicted octanol–water partition coefficient (Wildman–Crippen LogP) is 1.80. The van der Waals surface area contributed by atoms with Gasteiger partial charge in [0.2, 0.25) is 5.91 Å². The van der Waals surface area contributed by atoms with Crippen molar-refractivity contribution < 1.29 is 4.79 Å². The summed E-state index contributed by atoms with van der Waals surface area (Å²) < 4.78 is 0. The van der Waals surface area contributed by atoms with Gasteiger partial charge in [0.15, 0.2) is 0 Å². The SMILES string of the molecule is CC(C)(CC(N)=O)Nc1ccc(Cl)cn1. The van der Waals surface area contributed by atoms with Crippen LogP contribution in [0.4, 0.5) is 5.82 Å². The van der Waals surface area contributed by atoms with Crippen LogP contribution in [-0.2, 0) is 4.79 Å². The Morgan fingerprint density at radius 3 is 2.73 bits per heavy atom. The summed E-state index contributed by atoms with van der Waals surface area (Å²) in [5, 5.41) is 3.68. The van der Waals surface area contributed by atoms with E-state index in [0.717, 1.165) is 0 Å². The lowest BCUT2D eigenvalue weighted by molar-refractivity contribution is -0.118. The van der Waals surface area contributed by atoms with E-state index in [1.54, 1.807) is 18.3 Å². The molecule has 0 saturated heterocycles. The normalized spacial score (nSPS) is 11.1. The van der Waals surface area contributed by atoms with E-state index in [9.17, 15) is 4.79 Å². The predicted molar refractivity (Wildman–Crippen MR) is 60.8 cm³/mol. The van der Waals surface area contributed by atoms with Crippen LogP contribution in [0, 0.1) is 0 Å². The Labute approximate surface area is 93.8 Å². The smallest absolute Gasteiger partial charge is 0.219 e. The number of halogens is 1. The van der Waals surface area contributed by atoms with E-state index >= 15 is 0 Å². The largest absolute Gasteiger partial charge is 0.370 e. The van der Waals surface area contributed by atoms with Crippen molar-refractivity contribution in [1.82, 2.24) is 4.98 Å². The van der Waals surface area contributed by atoms with Crippen LogP contribution >= 0.6 is 11.6 Å². The number of carbonyl (C=O) groups is 1. The second-order valence-corrected chi connectivity index (χ2v) is 4.45. The van der Waals surface area contributed by atoms with Gasteiger partial charge in [-0.2, -0.15) is 0 Å². The molecule has 0 spiro atoms. The van der Waals surface area contributed by atoms with E-state index in [-0.39, 0.29) is 12.3 Å². The molecule has 1 aromatic heterocycles. The summed E-state index contributed by atoms with van der Waals surface area (Å²) in [5.74, 6) is 0.326. The fourth-order valence-corrected chi connectivity index (χ4v) is 1.39. The van der Waals surface area contributed by atoms with E-state index in [2.05, 4.69) is 10.3 Å². The van der Waals surface area contributed by atoms with Crippen molar-refractivity contribution in [3.8, 4) is 0 Å². The fraction of sp³-hybridized carbons (Fsp3) is 0.400. The fourth-order valence-electron chi connectivity index (χ4n) is 1.28. The molecule has 0 radical (unpaired) electrons. The van der Waals surface area contributed by atoms with Gasteiger partial charge in [-0.1, -0.05) is 11.6 Å². The van der Waals surface area contributed by atoms with E-state index in [4.69, 9.17) is 17.3 Å². The van der Waals surface area contributed by atoms with Gasteiger partial charge in [0.05, 0.1) is 5.02 Å². The van der Waals surface area contributed by atoms with Gasteiger partial charge in [-0.25, -0.2) is 4.98 Å². The lowest BCUT2D eigenvalue weighted by Crippen LogP contribution is -2.36. The van der Waals surface area contributed by atoms with Crippen LogP contribution in [0.2, 0.25) is 5.02 Å². The van der Waals surface area contributed by atoms with Crippen molar-refractivity contribution >= 4 is 23.3 Å². The van der Waals surface area contributed by atoms with Gasteiger partial charge < -0.3 is 11.1 Å². The lowest BCUT2D eigenvalue weighted by Gasteiger charge is -2.25. The van der Waals surface area contributed by atoms with Crippen molar-refractivity contribution in [3.05, 3.63) is 23.4 Å². The van der Waals surface area contributed by atoms with Gasteiger partial charge >= 0.3 is 0 Å². The molecule has 0 aliphatic heterocycles. The molecule has 15 heavy (non-hydrogen) atoms. The molecule has 82 valence electrons. The van der Waals surface area contributed by atoms with E-state index in [1.165, 1.54) is 0 Å². The first-order valence-corrected chi connectivity index (χ1v) is 4.95. The highest BCUT2D eigenvalue weighted by atomic mass is 35.5. The van der Waals surface area contributed by atoms with E-state index < -0.39 is 5.54 Å². The van der Waals surface area contributed by atoms with Crippen LogP contribution in [-0.4, -0.2) is 16.4 Å². The number of pyridine rings is 1. The molecule has 0 atom stereocenters. The third kappa shape index (κ3) is 4.16. The minimum absolute atomic E-state index is 0.247. The number of anilines is 1. The van der Waals surface area contributed by atoms with Gasteiger partial charge in [-0.3, -0.25) is 4.79 Å². The second-order valence-electron chi connectivity index (χ2n) is 4.01.